The molecular weight excluding hydrogens is 234 g/mol. The third-order valence-corrected chi connectivity index (χ3v) is 3.79. The van der Waals surface area contributed by atoms with Crippen LogP contribution in [0.15, 0.2) is 42.5 Å². The average Bonchev–Trinajstić information content (AvgIpc) is 2.82. The maximum Gasteiger partial charge on any atom is 0.119 e. The van der Waals surface area contributed by atoms with Crippen molar-refractivity contribution in [2.45, 2.75) is 25.8 Å². The Bertz CT molecular complexity index is 574. The smallest absolute Gasteiger partial charge is 0.119 e. The van der Waals surface area contributed by atoms with E-state index in [4.69, 9.17) is 10.5 Å². The van der Waals surface area contributed by atoms with Crippen LogP contribution in [-0.2, 0) is 6.42 Å². The fourth-order valence-corrected chi connectivity index (χ4v) is 2.85. The van der Waals surface area contributed by atoms with Gasteiger partial charge in [0, 0.05) is 6.04 Å². The quantitative estimate of drug-likeness (QED) is 0.905. The minimum absolute atomic E-state index is 0.206. The SMILES string of the molecule is CCOc1ccc(-c2cccc3c2CCC3N)cc1. The van der Waals surface area contributed by atoms with E-state index in [0.717, 1.165) is 18.6 Å². The zero-order valence-electron chi connectivity index (χ0n) is 11.2. The summed E-state index contributed by atoms with van der Waals surface area (Å²) in [5.41, 5.74) is 11.4. The second kappa shape index (κ2) is 5.06. The highest BCUT2D eigenvalue weighted by Crippen LogP contribution is 2.36. The number of benzene rings is 2. The molecule has 0 amide bonds. The number of hydrogen-bond donors (Lipinski definition) is 1. The van der Waals surface area contributed by atoms with Crippen molar-refractivity contribution in [3.63, 3.8) is 0 Å². The summed E-state index contributed by atoms with van der Waals surface area (Å²) in [6.45, 7) is 2.70. The summed E-state index contributed by atoms with van der Waals surface area (Å²) < 4.78 is 5.49. The predicted molar refractivity (Wildman–Crippen MR) is 78.3 cm³/mol. The minimum Gasteiger partial charge on any atom is -0.494 e. The molecule has 2 N–H and O–H groups in total. The Kier molecular flexibility index (Phi) is 3.26. The van der Waals surface area contributed by atoms with E-state index in [1.54, 1.807) is 0 Å². The standard InChI is InChI=1S/C17H19NO/c1-2-19-13-8-6-12(7-9-13)14-4-3-5-16-15(14)10-11-17(16)18/h3-9,17H,2,10-11,18H2,1H3. The minimum atomic E-state index is 0.206. The molecule has 98 valence electrons. The molecule has 0 aliphatic heterocycles. The van der Waals surface area contributed by atoms with Crippen molar-refractivity contribution in [3.05, 3.63) is 53.6 Å². The maximum atomic E-state index is 6.14. The van der Waals surface area contributed by atoms with Gasteiger partial charge in [0.1, 0.15) is 5.75 Å². The van der Waals surface area contributed by atoms with Crippen molar-refractivity contribution in [1.82, 2.24) is 0 Å². The highest BCUT2D eigenvalue weighted by atomic mass is 16.5. The number of ether oxygens (including phenoxy) is 1. The molecular formula is C17H19NO. The van der Waals surface area contributed by atoms with Crippen molar-refractivity contribution in [3.8, 4) is 16.9 Å². The zero-order chi connectivity index (χ0) is 13.2. The Balaban J connectivity index is 1.99. The molecule has 1 aliphatic carbocycles. The molecule has 0 saturated carbocycles. The summed E-state index contributed by atoms with van der Waals surface area (Å²) in [4.78, 5) is 0. The zero-order valence-corrected chi connectivity index (χ0v) is 11.2. The normalized spacial score (nSPS) is 17.3. The molecule has 0 aromatic heterocycles. The van der Waals surface area contributed by atoms with Gasteiger partial charge in [0.2, 0.25) is 0 Å². The fraction of sp³-hybridized carbons (Fsp3) is 0.294. The summed E-state index contributed by atoms with van der Waals surface area (Å²) in [5.74, 6) is 0.926. The Labute approximate surface area is 114 Å². The van der Waals surface area contributed by atoms with Crippen molar-refractivity contribution in [2.24, 2.45) is 5.73 Å². The van der Waals surface area contributed by atoms with Crippen LogP contribution in [0.3, 0.4) is 0 Å². The summed E-state index contributed by atoms with van der Waals surface area (Å²) >= 11 is 0. The average molecular weight is 253 g/mol. The van der Waals surface area contributed by atoms with E-state index in [1.807, 2.05) is 19.1 Å². The van der Waals surface area contributed by atoms with Gasteiger partial charge in [-0.3, -0.25) is 0 Å². The van der Waals surface area contributed by atoms with Crippen molar-refractivity contribution in [1.29, 1.82) is 0 Å². The summed E-state index contributed by atoms with van der Waals surface area (Å²) in [6, 6.07) is 15.0. The van der Waals surface area contributed by atoms with Gasteiger partial charge >= 0.3 is 0 Å². The van der Waals surface area contributed by atoms with Crippen LogP contribution in [0.4, 0.5) is 0 Å². The third-order valence-electron chi connectivity index (χ3n) is 3.79. The molecule has 0 spiro atoms. The number of rotatable bonds is 3. The molecule has 0 heterocycles. The van der Waals surface area contributed by atoms with E-state index in [0.29, 0.717) is 6.61 Å². The van der Waals surface area contributed by atoms with Crippen LogP contribution >= 0.6 is 0 Å². The second-order valence-electron chi connectivity index (χ2n) is 4.98. The van der Waals surface area contributed by atoms with Crippen LogP contribution < -0.4 is 10.5 Å². The molecule has 19 heavy (non-hydrogen) atoms. The Morgan fingerprint density at radius 1 is 1.16 bits per heavy atom. The molecule has 2 aromatic rings. The largest absolute Gasteiger partial charge is 0.494 e. The molecule has 3 rings (SSSR count). The van der Waals surface area contributed by atoms with Gasteiger partial charge < -0.3 is 10.5 Å². The topological polar surface area (TPSA) is 35.2 Å². The lowest BCUT2D eigenvalue weighted by Gasteiger charge is -2.11. The lowest BCUT2D eigenvalue weighted by atomic mass is 9.96. The number of fused-ring (bicyclic) bond motifs is 1. The van der Waals surface area contributed by atoms with Crippen molar-refractivity contribution in [2.75, 3.05) is 6.61 Å². The highest BCUT2D eigenvalue weighted by Gasteiger charge is 2.21. The van der Waals surface area contributed by atoms with Gasteiger partial charge in [-0.05, 0) is 54.2 Å². The van der Waals surface area contributed by atoms with E-state index < -0.39 is 0 Å². The van der Waals surface area contributed by atoms with Crippen LogP contribution in [-0.4, -0.2) is 6.61 Å². The van der Waals surface area contributed by atoms with E-state index in [9.17, 15) is 0 Å². The lowest BCUT2D eigenvalue weighted by Crippen LogP contribution is -2.04. The van der Waals surface area contributed by atoms with Gasteiger partial charge in [0.25, 0.3) is 0 Å². The van der Waals surface area contributed by atoms with Gasteiger partial charge in [0.15, 0.2) is 0 Å². The molecule has 0 saturated heterocycles. The van der Waals surface area contributed by atoms with E-state index in [1.165, 1.54) is 22.3 Å². The summed E-state index contributed by atoms with van der Waals surface area (Å²) in [5, 5.41) is 0. The van der Waals surface area contributed by atoms with Gasteiger partial charge in [-0.2, -0.15) is 0 Å². The van der Waals surface area contributed by atoms with E-state index in [2.05, 4.69) is 30.3 Å². The van der Waals surface area contributed by atoms with Crippen molar-refractivity contribution < 1.29 is 4.74 Å². The summed E-state index contributed by atoms with van der Waals surface area (Å²) in [7, 11) is 0. The molecule has 1 atom stereocenters. The van der Waals surface area contributed by atoms with E-state index in [-0.39, 0.29) is 6.04 Å². The first-order chi connectivity index (χ1) is 9.29. The fourth-order valence-electron chi connectivity index (χ4n) is 2.85. The predicted octanol–water partition coefficient (Wildman–Crippen LogP) is 3.70. The summed E-state index contributed by atoms with van der Waals surface area (Å²) in [6.07, 6.45) is 2.14. The maximum absolute atomic E-state index is 6.14. The molecule has 2 heteroatoms. The number of nitrogens with two attached hydrogens (primary N) is 1. The Morgan fingerprint density at radius 3 is 2.68 bits per heavy atom. The van der Waals surface area contributed by atoms with Crippen molar-refractivity contribution >= 4 is 0 Å². The molecule has 1 aliphatic rings. The van der Waals surface area contributed by atoms with Crippen LogP contribution in [0.25, 0.3) is 11.1 Å². The third kappa shape index (κ3) is 2.24. The molecule has 0 radical (unpaired) electrons. The Morgan fingerprint density at radius 2 is 1.95 bits per heavy atom. The van der Waals surface area contributed by atoms with Crippen LogP contribution in [0.1, 0.15) is 30.5 Å². The monoisotopic (exact) mass is 253 g/mol. The Hall–Kier alpha value is -1.80. The first-order valence-corrected chi connectivity index (χ1v) is 6.90. The molecule has 0 fully saturated rings. The van der Waals surface area contributed by atoms with Gasteiger partial charge in [0.05, 0.1) is 6.61 Å². The van der Waals surface area contributed by atoms with Crippen LogP contribution in [0, 0.1) is 0 Å². The number of hydrogen-bond acceptors (Lipinski definition) is 2. The molecule has 2 aromatic carbocycles. The second-order valence-corrected chi connectivity index (χ2v) is 4.98. The molecule has 2 nitrogen and oxygen atoms in total. The molecule has 0 bridgehead atoms. The van der Waals surface area contributed by atoms with Gasteiger partial charge in [-0.15, -0.1) is 0 Å². The van der Waals surface area contributed by atoms with Crippen LogP contribution in [0.5, 0.6) is 5.75 Å². The molecule has 1 unspecified atom stereocenters. The first-order valence-electron chi connectivity index (χ1n) is 6.90. The van der Waals surface area contributed by atoms with Crippen LogP contribution in [0.2, 0.25) is 0 Å². The van der Waals surface area contributed by atoms with Gasteiger partial charge in [-0.25, -0.2) is 0 Å². The van der Waals surface area contributed by atoms with E-state index >= 15 is 0 Å². The lowest BCUT2D eigenvalue weighted by molar-refractivity contribution is 0.340. The highest BCUT2D eigenvalue weighted by molar-refractivity contribution is 5.70. The first kappa shape index (κ1) is 12.2. The van der Waals surface area contributed by atoms with Gasteiger partial charge in [-0.1, -0.05) is 30.3 Å².